The second kappa shape index (κ2) is 26.1. The van der Waals surface area contributed by atoms with Gasteiger partial charge in [-0.2, -0.15) is 0 Å². The third kappa shape index (κ3) is 25.1. The van der Waals surface area contributed by atoms with E-state index in [9.17, 15) is 9.90 Å². The molecule has 0 aromatic carbocycles. The zero-order valence-corrected chi connectivity index (χ0v) is 21.8. The summed E-state index contributed by atoms with van der Waals surface area (Å²) in [6.45, 7) is 2.33. The topological polar surface area (TPSA) is 75.3 Å². The normalized spacial score (nSPS) is 11.7. The van der Waals surface area contributed by atoms with Gasteiger partial charge < -0.3 is 16.2 Å². The van der Waals surface area contributed by atoms with E-state index in [0.29, 0.717) is 6.42 Å². The second-order valence-electron chi connectivity index (χ2n) is 6.65. The Morgan fingerprint density at radius 1 is 0.885 bits per heavy atom. The average molecular weight is 387 g/mol. The Kier molecular flexibility index (Phi) is 32.0. The van der Waals surface area contributed by atoms with Gasteiger partial charge in [-0.15, -0.1) is 0 Å². The molecule has 144 valence electrons. The number of hydrogen-bond donors (Lipinski definition) is 3. The Hall–Kier alpha value is 1.13. The van der Waals surface area contributed by atoms with Crippen molar-refractivity contribution in [3.05, 3.63) is 12.2 Å². The summed E-state index contributed by atoms with van der Waals surface area (Å²) in [6.07, 6.45) is 20.5. The number of aliphatic hydroxyl groups is 1. The van der Waals surface area contributed by atoms with Gasteiger partial charge in [0.15, 0.2) is 0 Å². The van der Waals surface area contributed by atoms with Crippen LogP contribution in [0.3, 0.4) is 0 Å². The molecule has 0 heterocycles. The quantitative estimate of drug-likeness (QED) is 0.155. The van der Waals surface area contributed by atoms with Gasteiger partial charge in [0.25, 0.3) is 0 Å². The molecule has 0 rings (SSSR count). The summed E-state index contributed by atoms with van der Waals surface area (Å²) in [4.78, 5) is 11.4. The van der Waals surface area contributed by atoms with Gasteiger partial charge in [-0.05, 0) is 32.1 Å². The summed E-state index contributed by atoms with van der Waals surface area (Å²) in [5.74, 6) is -0.106. The number of carbonyl (C=O) groups excluding carboxylic acids is 1. The van der Waals surface area contributed by atoms with Crippen molar-refractivity contribution in [3.63, 3.8) is 0 Å². The van der Waals surface area contributed by atoms with E-state index in [1.54, 1.807) is 0 Å². The van der Waals surface area contributed by atoms with Crippen LogP contribution in [0.4, 0.5) is 0 Å². The molecule has 0 aliphatic carbocycles. The maximum absolute atomic E-state index is 11.4. The standard InChI is InChI=1S/C20H40N2O2.2Na/c1-2-3-4-5-6-7-8-9-10-11-12-13-14-15-16-17-19(23)22-20(24)18-21;;/h9-10,20,24H,2-8,11-18,21H2,1H3,(H,22,23);;. The maximum atomic E-state index is 11.4. The molecular formula is C20H40N2Na2O2. The molecule has 1 atom stereocenters. The van der Waals surface area contributed by atoms with Gasteiger partial charge in [-0.25, -0.2) is 0 Å². The number of allylic oxidation sites excluding steroid dienone is 2. The number of unbranched alkanes of at least 4 members (excludes halogenated alkanes) is 11. The fourth-order valence-corrected chi connectivity index (χ4v) is 2.67. The molecule has 0 fully saturated rings. The van der Waals surface area contributed by atoms with E-state index in [2.05, 4.69) is 24.4 Å². The van der Waals surface area contributed by atoms with Gasteiger partial charge in [0.2, 0.25) is 5.91 Å². The third-order valence-corrected chi connectivity index (χ3v) is 4.22. The molecule has 0 aliphatic rings. The van der Waals surface area contributed by atoms with E-state index in [-0.39, 0.29) is 71.6 Å². The summed E-state index contributed by atoms with van der Waals surface area (Å²) in [7, 11) is 0. The van der Waals surface area contributed by atoms with Gasteiger partial charge in [0.1, 0.15) is 6.23 Å². The van der Waals surface area contributed by atoms with Crippen LogP contribution in [0.5, 0.6) is 0 Å². The largest absolute Gasteiger partial charge is 0.372 e. The van der Waals surface area contributed by atoms with E-state index < -0.39 is 6.23 Å². The number of hydrogen-bond acceptors (Lipinski definition) is 3. The van der Waals surface area contributed by atoms with Crippen LogP contribution in [0.1, 0.15) is 96.8 Å². The molecule has 0 spiro atoms. The van der Waals surface area contributed by atoms with E-state index in [1.165, 1.54) is 70.6 Å². The number of nitrogens with two attached hydrogens (primary N) is 1. The van der Waals surface area contributed by atoms with Crippen molar-refractivity contribution in [3.8, 4) is 0 Å². The van der Waals surface area contributed by atoms with Crippen LogP contribution in [0.15, 0.2) is 12.2 Å². The summed E-state index contributed by atoms with van der Waals surface area (Å²) in [6, 6.07) is 0. The first kappa shape index (κ1) is 31.8. The Labute approximate surface area is 206 Å². The Morgan fingerprint density at radius 2 is 1.35 bits per heavy atom. The van der Waals surface area contributed by atoms with Gasteiger partial charge in [0, 0.05) is 72.1 Å². The van der Waals surface area contributed by atoms with Crippen LogP contribution in [-0.4, -0.2) is 82.9 Å². The SMILES string of the molecule is CCCCCCCCC=CCCCCCCCC(=O)NC(O)CN.[Na].[Na]. The summed E-state index contributed by atoms with van der Waals surface area (Å²) >= 11 is 0. The van der Waals surface area contributed by atoms with Crippen LogP contribution in [0, 0.1) is 0 Å². The predicted octanol–water partition coefficient (Wildman–Crippen LogP) is 3.66. The summed E-state index contributed by atoms with van der Waals surface area (Å²) < 4.78 is 0. The molecule has 4 N–H and O–H groups in total. The molecule has 0 aromatic rings. The maximum Gasteiger partial charge on any atom is 0.222 e. The van der Waals surface area contributed by atoms with Crippen LogP contribution >= 0.6 is 0 Å². The zero-order valence-electron chi connectivity index (χ0n) is 17.8. The first-order valence-electron chi connectivity index (χ1n) is 10.0. The first-order valence-corrected chi connectivity index (χ1v) is 10.0. The minimum atomic E-state index is -0.902. The number of aliphatic hydroxyl groups excluding tert-OH is 1. The van der Waals surface area contributed by atoms with Gasteiger partial charge >= 0.3 is 0 Å². The Balaban J connectivity index is -0.00000264. The molecule has 1 unspecified atom stereocenters. The molecule has 0 saturated carbocycles. The number of amides is 1. The zero-order chi connectivity index (χ0) is 17.9. The predicted molar refractivity (Wildman–Crippen MR) is 114 cm³/mol. The molecule has 6 heteroatoms. The van der Waals surface area contributed by atoms with Crippen LogP contribution < -0.4 is 11.1 Å². The van der Waals surface area contributed by atoms with Crippen molar-refractivity contribution in [1.29, 1.82) is 0 Å². The monoisotopic (exact) mass is 386 g/mol. The van der Waals surface area contributed by atoms with Crippen LogP contribution in [0.25, 0.3) is 0 Å². The fourth-order valence-electron chi connectivity index (χ4n) is 2.67. The average Bonchev–Trinajstić information content (AvgIpc) is 2.58. The van der Waals surface area contributed by atoms with Crippen LogP contribution in [-0.2, 0) is 4.79 Å². The molecule has 0 bridgehead atoms. The molecular weight excluding hydrogens is 346 g/mol. The Bertz CT molecular complexity index is 316. The van der Waals surface area contributed by atoms with Crippen molar-refractivity contribution >= 4 is 65.0 Å². The van der Waals surface area contributed by atoms with Gasteiger partial charge in [-0.3, -0.25) is 4.79 Å². The number of carbonyl (C=O) groups is 1. The third-order valence-electron chi connectivity index (χ3n) is 4.22. The smallest absolute Gasteiger partial charge is 0.222 e. The van der Waals surface area contributed by atoms with E-state index >= 15 is 0 Å². The molecule has 0 saturated heterocycles. The van der Waals surface area contributed by atoms with Crippen molar-refractivity contribution < 1.29 is 9.90 Å². The van der Waals surface area contributed by atoms with Crippen molar-refractivity contribution in [2.24, 2.45) is 5.73 Å². The Morgan fingerprint density at radius 3 is 1.85 bits per heavy atom. The molecule has 0 aromatic heterocycles. The van der Waals surface area contributed by atoms with Crippen molar-refractivity contribution in [2.45, 2.75) is 103 Å². The number of rotatable bonds is 17. The molecule has 26 heavy (non-hydrogen) atoms. The molecule has 1 amide bonds. The van der Waals surface area contributed by atoms with Crippen molar-refractivity contribution in [2.75, 3.05) is 6.54 Å². The summed E-state index contributed by atoms with van der Waals surface area (Å²) in [5.41, 5.74) is 5.24. The number of nitrogens with one attached hydrogen (secondary N) is 1. The molecule has 4 nitrogen and oxygen atoms in total. The van der Waals surface area contributed by atoms with Crippen molar-refractivity contribution in [1.82, 2.24) is 5.32 Å². The van der Waals surface area contributed by atoms with E-state index in [0.717, 1.165) is 12.8 Å². The van der Waals surface area contributed by atoms with Gasteiger partial charge in [-0.1, -0.05) is 70.4 Å². The van der Waals surface area contributed by atoms with Gasteiger partial charge in [0.05, 0.1) is 0 Å². The minimum absolute atomic E-state index is 0. The van der Waals surface area contributed by atoms with E-state index in [1.807, 2.05) is 0 Å². The summed E-state index contributed by atoms with van der Waals surface area (Å²) in [5, 5.41) is 11.7. The molecule has 2 radical (unpaired) electrons. The van der Waals surface area contributed by atoms with Crippen LogP contribution in [0.2, 0.25) is 0 Å². The fraction of sp³-hybridized carbons (Fsp3) is 0.850. The first-order chi connectivity index (χ1) is 11.7. The van der Waals surface area contributed by atoms with E-state index in [4.69, 9.17) is 5.73 Å². The molecule has 0 aliphatic heterocycles. The second-order valence-corrected chi connectivity index (χ2v) is 6.65. The minimum Gasteiger partial charge on any atom is -0.372 e.